The second-order valence-corrected chi connectivity index (χ2v) is 3.94. The molecular weight excluding hydrogens is 256 g/mol. The van der Waals surface area contributed by atoms with E-state index in [1.807, 2.05) is 13.0 Å². The molecule has 0 saturated carbocycles. The minimum Gasteiger partial charge on any atom is -0.375 e. The molecule has 0 saturated heterocycles. The van der Waals surface area contributed by atoms with Gasteiger partial charge in [-0.15, -0.1) is 0 Å². The summed E-state index contributed by atoms with van der Waals surface area (Å²) in [7, 11) is 1.44. The molecule has 1 aromatic carbocycles. The quantitative estimate of drug-likeness (QED) is 0.796. The van der Waals surface area contributed by atoms with Crippen molar-refractivity contribution in [1.82, 2.24) is 0 Å². The van der Waals surface area contributed by atoms with Crippen molar-refractivity contribution in [3.8, 4) is 12.1 Å². The summed E-state index contributed by atoms with van der Waals surface area (Å²) < 4.78 is 4.73. The standard InChI is InChI=1S/C14H14N4O2/c1-10-3-4-12(18-14(19)9-20-2)5-13(10)17-8-11(6-15)7-16/h3-5,8,17H,9H2,1-2H3,(H,18,19). The number of nitriles is 2. The monoisotopic (exact) mass is 270 g/mol. The van der Waals surface area contributed by atoms with E-state index in [-0.39, 0.29) is 18.1 Å². The van der Waals surface area contributed by atoms with E-state index < -0.39 is 0 Å². The molecule has 6 heteroatoms. The number of amides is 1. The number of nitrogens with zero attached hydrogens (tertiary/aromatic N) is 2. The van der Waals surface area contributed by atoms with Crippen LogP contribution in [0.2, 0.25) is 0 Å². The van der Waals surface area contributed by atoms with Crippen LogP contribution >= 0.6 is 0 Å². The Morgan fingerprint density at radius 2 is 2.10 bits per heavy atom. The van der Waals surface area contributed by atoms with E-state index in [2.05, 4.69) is 10.6 Å². The largest absolute Gasteiger partial charge is 0.375 e. The van der Waals surface area contributed by atoms with Crippen LogP contribution in [0.3, 0.4) is 0 Å². The number of hydrogen-bond donors (Lipinski definition) is 2. The van der Waals surface area contributed by atoms with Crippen LogP contribution in [0.1, 0.15) is 5.56 Å². The average Bonchev–Trinajstić information content (AvgIpc) is 2.43. The van der Waals surface area contributed by atoms with Crippen LogP contribution < -0.4 is 10.6 Å². The summed E-state index contributed by atoms with van der Waals surface area (Å²) in [4.78, 5) is 11.4. The first-order chi connectivity index (χ1) is 9.60. The SMILES string of the molecule is COCC(=O)Nc1ccc(C)c(NC=C(C#N)C#N)c1. The first-order valence-electron chi connectivity index (χ1n) is 5.77. The number of carbonyl (C=O) groups excluding carboxylic acids is 1. The van der Waals surface area contributed by atoms with Crippen LogP contribution in [-0.2, 0) is 9.53 Å². The highest BCUT2D eigenvalue weighted by Gasteiger charge is 2.04. The van der Waals surface area contributed by atoms with E-state index in [0.29, 0.717) is 11.4 Å². The van der Waals surface area contributed by atoms with Gasteiger partial charge < -0.3 is 15.4 Å². The molecule has 0 unspecified atom stereocenters. The Bertz CT molecular complexity index is 593. The Labute approximate surface area is 117 Å². The lowest BCUT2D eigenvalue weighted by molar-refractivity contribution is -0.119. The third-order valence-corrected chi connectivity index (χ3v) is 2.41. The molecule has 0 fully saturated rings. The third-order valence-electron chi connectivity index (χ3n) is 2.41. The van der Waals surface area contributed by atoms with Crippen LogP contribution in [0.4, 0.5) is 11.4 Å². The molecule has 2 N–H and O–H groups in total. The first-order valence-corrected chi connectivity index (χ1v) is 5.77. The van der Waals surface area contributed by atoms with Crippen LogP contribution in [0.5, 0.6) is 0 Å². The Morgan fingerprint density at radius 3 is 2.70 bits per heavy atom. The number of carbonyl (C=O) groups is 1. The van der Waals surface area contributed by atoms with Crippen LogP contribution in [-0.4, -0.2) is 19.6 Å². The molecule has 102 valence electrons. The van der Waals surface area contributed by atoms with Crippen molar-refractivity contribution >= 4 is 17.3 Å². The van der Waals surface area contributed by atoms with Gasteiger partial charge in [0.2, 0.25) is 5.91 Å². The second kappa shape index (κ2) is 7.57. The fourth-order valence-electron chi connectivity index (χ4n) is 1.42. The lowest BCUT2D eigenvalue weighted by Gasteiger charge is -2.10. The number of rotatable bonds is 5. The number of hydrogen-bond acceptors (Lipinski definition) is 5. The van der Waals surface area contributed by atoms with Gasteiger partial charge in [-0.2, -0.15) is 10.5 Å². The van der Waals surface area contributed by atoms with E-state index in [1.54, 1.807) is 24.3 Å². The van der Waals surface area contributed by atoms with Crippen molar-refractivity contribution < 1.29 is 9.53 Å². The number of anilines is 2. The molecule has 20 heavy (non-hydrogen) atoms. The molecule has 0 aromatic heterocycles. The summed E-state index contributed by atoms with van der Waals surface area (Å²) in [5.41, 5.74) is 2.19. The van der Waals surface area contributed by atoms with Gasteiger partial charge in [-0.3, -0.25) is 4.79 Å². The number of aryl methyl sites for hydroxylation is 1. The summed E-state index contributed by atoms with van der Waals surface area (Å²) in [6, 6.07) is 8.80. The van der Waals surface area contributed by atoms with Crippen molar-refractivity contribution in [3.63, 3.8) is 0 Å². The maximum atomic E-state index is 11.4. The normalized spacial score (nSPS) is 9.00. The van der Waals surface area contributed by atoms with Gasteiger partial charge in [0.25, 0.3) is 0 Å². The van der Waals surface area contributed by atoms with Crippen molar-refractivity contribution in [1.29, 1.82) is 10.5 Å². The topological polar surface area (TPSA) is 97.9 Å². The van der Waals surface area contributed by atoms with Crippen LogP contribution in [0.25, 0.3) is 0 Å². The lowest BCUT2D eigenvalue weighted by atomic mass is 10.1. The molecule has 1 aromatic rings. The van der Waals surface area contributed by atoms with Crippen molar-refractivity contribution in [3.05, 3.63) is 35.5 Å². The molecule has 0 bridgehead atoms. The summed E-state index contributed by atoms with van der Waals surface area (Å²) in [5.74, 6) is -0.257. The van der Waals surface area contributed by atoms with E-state index in [0.717, 1.165) is 5.56 Å². The van der Waals surface area contributed by atoms with Gasteiger partial charge in [0.1, 0.15) is 24.3 Å². The Balaban J connectivity index is 2.88. The Morgan fingerprint density at radius 1 is 1.40 bits per heavy atom. The molecule has 0 spiro atoms. The minimum absolute atomic E-state index is 0.0243. The van der Waals surface area contributed by atoms with Gasteiger partial charge in [0, 0.05) is 24.7 Å². The highest BCUT2D eigenvalue weighted by atomic mass is 16.5. The molecule has 1 amide bonds. The van der Waals surface area contributed by atoms with Gasteiger partial charge in [-0.1, -0.05) is 6.07 Å². The van der Waals surface area contributed by atoms with E-state index in [1.165, 1.54) is 13.3 Å². The van der Waals surface area contributed by atoms with Gasteiger partial charge in [0.05, 0.1) is 0 Å². The Kier molecular flexibility index (Phi) is 5.76. The zero-order chi connectivity index (χ0) is 15.0. The number of ether oxygens (including phenoxy) is 1. The zero-order valence-corrected chi connectivity index (χ0v) is 11.2. The van der Waals surface area contributed by atoms with Gasteiger partial charge in [-0.05, 0) is 24.6 Å². The number of benzene rings is 1. The zero-order valence-electron chi connectivity index (χ0n) is 11.2. The molecule has 0 heterocycles. The van der Waals surface area contributed by atoms with E-state index in [4.69, 9.17) is 15.3 Å². The smallest absolute Gasteiger partial charge is 0.250 e. The van der Waals surface area contributed by atoms with Crippen molar-refractivity contribution in [2.75, 3.05) is 24.4 Å². The fraction of sp³-hybridized carbons (Fsp3) is 0.214. The number of nitrogens with one attached hydrogen (secondary N) is 2. The number of methoxy groups -OCH3 is 1. The maximum Gasteiger partial charge on any atom is 0.250 e. The second-order valence-electron chi connectivity index (χ2n) is 3.94. The van der Waals surface area contributed by atoms with Crippen molar-refractivity contribution in [2.45, 2.75) is 6.92 Å². The maximum absolute atomic E-state index is 11.4. The average molecular weight is 270 g/mol. The van der Waals surface area contributed by atoms with Crippen LogP contribution in [0, 0.1) is 29.6 Å². The highest BCUT2D eigenvalue weighted by molar-refractivity contribution is 5.92. The predicted molar refractivity (Wildman–Crippen MR) is 74.6 cm³/mol. The molecular formula is C14H14N4O2. The van der Waals surface area contributed by atoms with Gasteiger partial charge in [0.15, 0.2) is 0 Å². The third kappa shape index (κ3) is 4.45. The van der Waals surface area contributed by atoms with E-state index in [9.17, 15) is 4.79 Å². The summed E-state index contributed by atoms with van der Waals surface area (Å²) in [6.07, 6.45) is 1.32. The molecule has 0 aliphatic rings. The molecule has 0 atom stereocenters. The summed E-state index contributed by atoms with van der Waals surface area (Å²) in [6.45, 7) is 1.85. The summed E-state index contributed by atoms with van der Waals surface area (Å²) in [5, 5.41) is 22.9. The minimum atomic E-state index is -0.257. The molecule has 0 aliphatic heterocycles. The predicted octanol–water partition coefficient (Wildman–Crippen LogP) is 1.92. The molecule has 0 aliphatic carbocycles. The Hall–Kier alpha value is -2.83. The number of allylic oxidation sites excluding steroid dienone is 1. The summed E-state index contributed by atoms with van der Waals surface area (Å²) >= 11 is 0. The van der Waals surface area contributed by atoms with Crippen LogP contribution in [0.15, 0.2) is 30.0 Å². The fourth-order valence-corrected chi connectivity index (χ4v) is 1.42. The molecule has 1 rings (SSSR count). The van der Waals surface area contributed by atoms with Gasteiger partial charge in [-0.25, -0.2) is 0 Å². The highest BCUT2D eigenvalue weighted by Crippen LogP contribution is 2.20. The van der Waals surface area contributed by atoms with Gasteiger partial charge >= 0.3 is 0 Å². The molecule has 0 radical (unpaired) electrons. The lowest BCUT2D eigenvalue weighted by Crippen LogP contribution is -2.17. The first kappa shape index (κ1) is 15.2. The molecule has 6 nitrogen and oxygen atoms in total. The van der Waals surface area contributed by atoms with Crippen molar-refractivity contribution in [2.24, 2.45) is 0 Å². The van der Waals surface area contributed by atoms with E-state index >= 15 is 0 Å².